The second kappa shape index (κ2) is 21.3. The zero-order chi connectivity index (χ0) is 55.0. The molecule has 3 fully saturated rings. The number of imidazole rings is 2. The summed E-state index contributed by atoms with van der Waals surface area (Å²) >= 11 is 4.75. The highest BCUT2D eigenvalue weighted by molar-refractivity contribution is 8.09. The first-order valence-corrected chi connectivity index (χ1v) is 28.8. The van der Waals surface area contributed by atoms with Crippen LogP contribution in [0.4, 0.5) is 23.5 Å². The van der Waals surface area contributed by atoms with E-state index in [1.807, 2.05) is 0 Å². The molecule has 37 nitrogen and oxygen atoms in total. The molecule has 17 atom stereocenters. The Morgan fingerprint density at radius 3 is 2.00 bits per heavy atom. The lowest BCUT2D eigenvalue weighted by Gasteiger charge is -2.27. The summed E-state index contributed by atoms with van der Waals surface area (Å²) in [4.78, 5) is 94.2. The number of ether oxygens (including phenoxy) is 5. The van der Waals surface area contributed by atoms with Gasteiger partial charge in [0, 0.05) is 14.2 Å². The maximum Gasteiger partial charge on any atom is 0.479 e. The number of hydrogen-bond acceptors (Lipinski definition) is 30. The molecule has 9 heterocycles. The van der Waals surface area contributed by atoms with Crippen LogP contribution in [-0.4, -0.2) is 175 Å². The fourth-order valence-corrected chi connectivity index (χ4v) is 14.7. The van der Waals surface area contributed by atoms with Gasteiger partial charge in [-0.3, -0.25) is 51.8 Å². The number of aromatic amines is 2. The summed E-state index contributed by atoms with van der Waals surface area (Å²) in [6, 6.07) is 0. The molecular weight excluding hydrogens is 1130 g/mol. The molecule has 0 spiro atoms. The van der Waals surface area contributed by atoms with Gasteiger partial charge >= 0.3 is 41.6 Å². The van der Waals surface area contributed by atoms with Gasteiger partial charge in [0.15, 0.2) is 35.4 Å². The first-order chi connectivity index (χ1) is 35.7. The Bertz CT molecular complexity index is 3260. The van der Waals surface area contributed by atoms with E-state index in [1.165, 1.54) is 36.2 Å². The first kappa shape index (κ1) is 56.3. The number of aliphatic hydroxyl groups is 3. The number of nitrogens with two attached hydrogens (primary N) is 3. The molecule has 5 aliphatic heterocycles. The lowest BCUT2D eigenvalue weighted by atomic mass is 10.1. The van der Waals surface area contributed by atoms with Crippen molar-refractivity contribution in [1.82, 2.24) is 39.0 Å². The van der Waals surface area contributed by atoms with Crippen LogP contribution in [0, 0.1) is 6.20 Å². The molecule has 9 rings (SSSR count). The highest BCUT2D eigenvalue weighted by Gasteiger charge is 2.55. The summed E-state index contributed by atoms with van der Waals surface area (Å²) in [6.45, 7) is -6.83. The van der Waals surface area contributed by atoms with Crippen molar-refractivity contribution in [3.8, 4) is 0 Å². The number of rotatable bonds is 20. The van der Waals surface area contributed by atoms with Gasteiger partial charge in [-0.15, -0.1) is 9.88 Å². The third-order valence-electron chi connectivity index (χ3n) is 12.0. The highest BCUT2D eigenvalue weighted by Crippen LogP contribution is 2.68. The van der Waals surface area contributed by atoms with Crippen LogP contribution >= 0.6 is 30.2 Å². The normalized spacial score (nSPS) is 32.2. The van der Waals surface area contributed by atoms with Crippen LogP contribution < -0.4 is 38.5 Å². The zero-order valence-corrected chi connectivity index (χ0v) is 43.4. The molecule has 0 aliphatic carbocycles. The number of H-pyrrole nitrogens is 2. The lowest BCUT2D eigenvalue weighted by molar-refractivity contribution is -0.0585. The molecule has 416 valence electrons. The van der Waals surface area contributed by atoms with Crippen LogP contribution in [0.25, 0.3) is 16.7 Å². The predicted molar refractivity (Wildman–Crippen MR) is 255 cm³/mol. The maximum absolute atomic E-state index is 13.7. The summed E-state index contributed by atoms with van der Waals surface area (Å²) in [5, 5.41) is 35.7. The Hall–Kier alpha value is -4.46. The van der Waals surface area contributed by atoms with Crippen LogP contribution in [0.1, 0.15) is 36.8 Å². The molecule has 76 heavy (non-hydrogen) atoms. The topological polar surface area (TPSA) is 527 Å². The Labute approximate surface area is 429 Å². The van der Waals surface area contributed by atoms with Gasteiger partial charge < -0.3 is 81.1 Å². The van der Waals surface area contributed by atoms with E-state index in [9.17, 15) is 58.2 Å². The van der Waals surface area contributed by atoms with Crippen molar-refractivity contribution >= 4 is 88.6 Å². The van der Waals surface area contributed by atoms with Crippen LogP contribution in [0.2, 0.25) is 0 Å². The van der Waals surface area contributed by atoms with Crippen molar-refractivity contribution in [2.75, 3.05) is 55.7 Å². The quantitative estimate of drug-likeness (QED) is 0.0309. The molecule has 5 aliphatic rings. The van der Waals surface area contributed by atoms with E-state index in [2.05, 4.69) is 55.0 Å². The van der Waals surface area contributed by atoms with Gasteiger partial charge in [0.2, 0.25) is 17.5 Å². The van der Waals surface area contributed by atoms with E-state index in [0.717, 1.165) is 18.0 Å². The van der Waals surface area contributed by atoms with Crippen molar-refractivity contribution in [2.24, 2.45) is 10.7 Å². The van der Waals surface area contributed by atoms with E-state index in [4.69, 9.17) is 70.8 Å². The second-order valence-electron chi connectivity index (χ2n) is 16.8. The van der Waals surface area contributed by atoms with Crippen LogP contribution in [0.3, 0.4) is 0 Å². The van der Waals surface area contributed by atoms with E-state index < -0.39 is 141 Å². The summed E-state index contributed by atoms with van der Waals surface area (Å²) < 4.78 is 101. The number of nitrogen functional groups attached to an aromatic ring is 2. The monoisotopic (exact) mass is 1180 g/mol. The van der Waals surface area contributed by atoms with Gasteiger partial charge in [0.25, 0.3) is 5.56 Å². The van der Waals surface area contributed by atoms with Gasteiger partial charge in [-0.2, -0.15) is 4.98 Å². The van der Waals surface area contributed by atoms with E-state index >= 15 is 0 Å². The number of aromatic nitrogens is 8. The van der Waals surface area contributed by atoms with Gasteiger partial charge in [0.1, 0.15) is 78.8 Å². The van der Waals surface area contributed by atoms with Gasteiger partial charge in [0.05, 0.1) is 38.8 Å². The smallest absolute Gasteiger partial charge is 0.387 e. The van der Waals surface area contributed by atoms with E-state index in [0.29, 0.717) is 5.57 Å². The molecule has 16 N–H and O–H groups in total. The third kappa shape index (κ3) is 11.2. The van der Waals surface area contributed by atoms with Crippen LogP contribution in [0.5, 0.6) is 0 Å². The SMILES string of the molecule is COC1C(COP(=O)(O)OP(O)(=S)OP(=O)(O)OCC2OC(n3cnc4c3NC=NC4N)C(OC)C2OP(=O)(O)OCC2OC(n3cnc4c(=O)[nH]c(N)nc43)C(O)C2O)OC(N2[C+]=C(C)c3c2nc(N)[nH]c3=O)C1O. The minimum Gasteiger partial charge on any atom is -0.387 e. The molecule has 0 aromatic carbocycles. The van der Waals surface area contributed by atoms with Gasteiger partial charge in [-0.1, -0.05) is 0 Å². The number of anilines is 4. The standard InChI is InChI=1S/C34H46N14O23P4S/c1-11-4-46(25-15(11)28(52)44-33(36)42-25)31-20(51)21(61-2)13(67-31)6-64-73(56,57)70-75(60,76)71-74(58,59)65-7-14-22(23(62-3)32(68-14)47-9-40-16-24(35)38-8-39-26(16)47)69-72(54,55)63-5-12-18(49)19(50)30(66-12)48-10-41-17-27(48)43-34(37)45-29(17)53/h8-10,12-14,18-24,30-32,49-51H,5-7,35H2,1-3H3,(H10-,36,37,38,39,42,43,44,45,52,53,54,55,56,57,58,59,60,76)/p+1. The number of hydrogen-bond donors (Lipinski definition) is 13. The van der Waals surface area contributed by atoms with Gasteiger partial charge in [-0.05, 0) is 18.7 Å². The minimum absolute atomic E-state index is 0.0286. The predicted octanol–water partition coefficient (Wildman–Crippen LogP) is -3.02. The number of methoxy groups -OCH3 is 2. The number of aliphatic hydroxyl groups excluding tert-OH is 3. The van der Waals surface area contributed by atoms with E-state index in [1.54, 1.807) is 0 Å². The van der Waals surface area contributed by atoms with Crippen LogP contribution in [0.15, 0.2) is 27.2 Å². The van der Waals surface area contributed by atoms with Crippen molar-refractivity contribution in [1.29, 1.82) is 0 Å². The average molecular weight is 1180 g/mol. The lowest BCUT2D eigenvalue weighted by Crippen LogP contribution is -2.42. The first-order valence-electron chi connectivity index (χ1n) is 21.8. The highest BCUT2D eigenvalue weighted by atomic mass is 32.5. The molecular formula is C34H47N14O23P4S+. The molecule has 3 saturated heterocycles. The Balaban J connectivity index is 0.857. The van der Waals surface area contributed by atoms with Crippen molar-refractivity contribution in [2.45, 2.75) is 86.7 Å². The molecule has 0 saturated carbocycles. The van der Waals surface area contributed by atoms with E-state index in [-0.39, 0.29) is 46.0 Å². The molecule has 0 amide bonds. The second-order valence-corrected chi connectivity index (χ2v) is 24.3. The van der Waals surface area contributed by atoms with Crippen molar-refractivity contribution in [3.05, 3.63) is 50.8 Å². The number of phosphoric acid groups is 3. The number of phosphoric ester groups is 3. The summed E-state index contributed by atoms with van der Waals surface area (Å²) in [6.07, 6.45) is -13.1. The Kier molecular flexibility index (Phi) is 15.8. The summed E-state index contributed by atoms with van der Waals surface area (Å²) in [5.41, 5.74) is 16.4. The zero-order valence-electron chi connectivity index (χ0n) is 39.0. The molecule has 4 aromatic rings. The molecule has 17 unspecified atom stereocenters. The summed E-state index contributed by atoms with van der Waals surface area (Å²) in [7, 11) is -14.4. The average Bonchev–Trinajstić information content (AvgIpc) is 4.19. The fraction of sp³-hybridized carbons (Fsp3) is 0.559. The largest absolute Gasteiger partial charge is 0.479 e. The van der Waals surface area contributed by atoms with Crippen molar-refractivity contribution in [3.63, 3.8) is 0 Å². The maximum atomic E-state index is 13.7. The number of nitrogens with one attached hydrogen (secondary N) is 3. The van der Waals surface area contributed by atoms with Gasteiger partial charge in [-0.25, -0.2) is 32.3 Å². The fourth-order valence-electron chi connectivity index (χ4n) is 8.69. The summed E-state index contributed by atoms with van der Waals surface area (Å²) in [5.74, 6) is -0.388. The Morgan fingerprint density at radius 1 is 0.750 bits per heavy atom. The van der Waals surface area contributed by atoms with Crippen molar-refractivity contribution < 1.29 is 99.0 Å². The number of fused-ring (bicyclic) bond motifs is 3. The molecule has 42 heteroatoms. The minimum atomic E-state index is -5.73. The number of nitrogens with zero attached hydrogens (tertiary/aromatic N) is 8. The van der Waals surface area contributed by atoms with Crippen LogP contribution in [-0.2, 0) is 75.9 Å². The molecule has 0 radical (unpaired) electrons. The molecule has 0 bridgehead atoms. The third-order valence-corrected chi connectivity index (χ3v) is 18.4. The number of allylic oxidation sites excluding steroid dienone is 1. The Morgan fingerprint density at radius 2 is 1.33 bits per heavy atom. The molecule has 4 aromatic heterocycles. The number of aliphatic imine (C=N–C) groups is 1.